The van der Waals surface area contributed by atoms with Crippen molar-refractivity contribution in [3.8, 4) is 0 Å². The zero-order valence-electron chi connectivity index (χ0n) is 16.8. The molecule has 3 aliphatic rings. The average molecular weight is 351 g/mol. The third-order valence-electron chi connectivity index (χ3n) is 6.41. The Morgan fingerprint density at radius 1 is 1.12 bits per heavy atom. The summed E-state index contributed by atoms with van der Waals surface area (Å²) in [5, 5.41) is 3.39. The number of carbonyl (C=O) groups excluding carboxylic acids is 1. The van der Waals surface area contributed by atoms with E-state index in [0.29, 0.717) is 23.5 Å². The maximum atomic E-state index is 13.0. The van der Waals surface area contributed by atoms with Gasteiger partial charge >= 0.3 is 0 Å². The zero-order valence-corrected chi connectivity index (χ0v) is 16.8. The van der Waals surface area contributed by atoms with E-state index in [1.165, 1.54) is 32.1 Å². The Labute approximate surface area is 154 Å². The van der Waals surface area contributed by atoms with Crippen LogP contribution in [-0.4, -0.2) is 49.2 Å². The lowest BCUT2D eigenvalue weighted by Crippen LogP contribution is -2.57. The second-order valence-corrected chi connectivity index (χ2v) is 10.4. The highest BCUT2D eigenvalue weighted by molar-refractivity contribution is 5.82. The molecule has 0 bridgehead atoms. The van der Waals surface area contributed by atoms with E-state index in [2.05, 4.69) is 37.9 Å². The number of rotatable bonds is 4. The number of nitrogens with one attached hydrogen (secondary N) is 1. The second-order valence-electron chi connectivity index (χ2n) is 10.4. The van der Waals surface area contributed by atoms with Gasteiger partial charge in [-0.15, -0.1) is 0 Å². The molecule has 4 heteroatoms. The summed E-state index contributed by atoms with van der Waals surface area (Å²) in [7, 11) is 0. The Morgan fingerprint density at radius 2 is 1.76 bits per heavy atom. The van der Waals surface area contributed by atoms with Gasteiger partial charge in [-0.05, 0) is 48.9 Å². The maximum Gasteiger partial charge on any atom is 0.239 e. The van der Waals surface area contributed by atoms with Gasteiger partial charge in [0.1, 0.15) is 6.04 Å². The fourth-order valence-electron chi connectivity index (χ4n) is 5.87. The van der Waals surface area contributed by atoms with E-state index in [-0.39, 0.29) is 11.9 Å². The average Bonchev–Trinajstić information content (AvgIpc) is 2.97. The molecule has 1 amide bonds. The third kappa shape index (κ3) is 5.19. The van der Waals surface area contributed by atoms with Gasteiger partial charge in [-0.25, -0.2) is 0 Å². The lowest BCUT2D eigenvalue weighted by molar-refractivity contribution is -0.134. The highest BCUT2D eigenvalue weighted by Gasteiger charge is 2.40. The standard InChI is InChI=1S/C21H38N2O2/c1-20(2)11-17(12-21(3,4)15-20)22-19(24)18-14-25-10-9-23(18)13-16-7-5-6-8-16/h16-18H,5-15H2,1-4H3,(H,22,24). The zero-order chi connectivity index (χ0) is 18.1. The van der Waals surface area contributed by atoms with Gasteiger partial charge in [-0.1, -0.05) is 40.5 Å². The van der Waals surface area contributed by atoms with Crippen molar-refractivity contribution < 1.29 is 9.53 Å². The number of morpholine rings is 1. The van der Waals surface area contributed by atoms with Crippen molar-refractivity contribution in [1.29, 1.82) is 0 Å². The maximum absolute atomic E-state index is 13.0. The van der Waals surface area contributed by atoms with Crippen LogP contribution in [-0.2, 0) is 9.53 Å². The van der Waals surface area contributed by atoms with E-state index in [0.717, 1.165) is 38.5 Å². The molecule has 4 nitrogen and oxygen atoms in total. The molecule has 1 atom stereocenters. The van der Waals surface area contributed by atoms with Crippen LogP contribution in [0.4, 0.5) is 0 Å². The summed E-state index contributed by atoms with van der Waals surface area (Å²) in [6.45, 7) is 12.6. The predicted molar refractivity (Wildman–Crippen MR) is 101 cm³/mol. The molecule has 25 heavy (non-hydrogen) atoms. The molecular weight excluding hydrogens is 312 g/mol. The summed E-state index contributed by atoms with van der Waals surface area (Å²) in [6, 6.07) is 0.198. The number of nitrogens with zero attached hydrogens (tertiary/aromatic N) is 1. The van der Waals surface area contributed by atoms with E-state index >= 15 is 0 Å². The lowest BCUT2D eigenvalue weighted by atomic mass is 9.63. The minimum absolute atomic E-state index is 0.0949. The highest BCUT2D eigenvalue weighted by atomic mass is 16.5. The van der Waals surface area contributed by atoms with Crippen LogP contribution < -0.4 is 5.32 Å². The second kappa shape index (κ2) is 7.56. The lowest BCUT2D eigenvalue weighted by Gasteiger charge is -2.46. The van der Waals surface area contributed by atoms with Gasteiger partial charge in [0.25, 0.3) is 0 Å². The minimum atomic E-state index is -0.0949. The van der Waals surface area contributed by atoms with Gasteiger partial charge < -0.3 is 10.1 Å². The fraction of sp³-hybridized carbons (Fsp3) is 0.952. The van der Waals surface area contributed by atoms with Crippen molar-refractivity contribution in [1.82, 2.24) is 10.2 Å². The predicted octanol–water partition coefficient (Wildman–Crippen LogP) is 3.60. The Hall–Kier alpha value is -0.610. The highest BCUT2D eigenvalue weighted by Crippen LogP contribution is 2.45. The molecule has 144 valence electrons. The number of carbonyl (C=O) groups is 1. The van der Waals surface area contributed by atoms with E-state index in [9.17, 15) is 4.79 Å². The topological polar surface area (TPSA) is 41.6 Å². The molecular formula is C21H38N2O2. The number of amides is 1. The molecule has 1 saturated heterocycles. The summed E-state index contributed by atoms with van der Waals surface area (Å²) in [5.41, 5.74) is 0.596. The van der Waals surface area contributed by atoms with E-state index < -0.39 is 0 Å². The molecule has 0 spiro atoms. The fourth-order valence-corrected chi connectivity index (χ4v) is 5.87. The molecule has 1 N–H and O–H groups in total. The molecule has 2 aliphatic carbocycles. The molecule has 3 rings (SSSR count). The number of ether oxygens (including phenoxy) is 1. The normalized spacial score (nSPS) is 31.1. The molecule has 2 saturated carbocycles. The van der Waals surface area contributed by atoms with Crippen molar-refractivity contribution in [2.75, 3.05) is 26.3 Å². The third-order valence-corrected chi connectivity index (χ3v) is 6.41. The molecule has 1 unspecified atom stereocenters. The first-order valence-corrected chi connectivity index (χ1v) is 10.4. The molecule has 0 aromatic carbocycles. The summed E-state index contributed by atoms with van der Waals surface area (Å²) < 4.78 is 5.67. The van der Waals surface area contributed by atoms with Crippen LogP contribution in [0.25, 0.3) is 0 Å². The summed E-state index contributed by atoms with van der Waals surface area (Å²) in [5.74, 6) is 0.970. The van der Waals surface area contributed by atoms with Crippen LogP contribution in [0.5, 0.6) is 0 Å². The van der Waals surface area contributed by atoms with Crippen LogP contribution in [0.3, 0.4) is 0 Å². The SMILES string of the molecule is CC1(C)CC(NC(=O)C2COCCN2CC2CCCC2)CC(C)(C)C1. The van der Waals surface area contributed by atoms with Gasteiger partial charge in [-0.2, -0.15) is 0 Å². The van der Waals surface area contributed by atoms with E-state index in [1.54, 1.807) is 0 Å². The molecule has 0 aromatic rings. The summed E-state index contributed by atoms with van der Waals surface area (Å²) in [6.07, 6.45) is 8.77. The molecule has 1 heterocycles. The first kappa shape index (κ1) is 19.2. The Kier molecular flexibility index (Phi) is 5.79. The summed E-state index contributed by atoms with van der Waals surface area (Å²) >= 11 is 0. The van der Waals surface area contributed by atoms with Gasteiger partial charge in [-0.3, -0.25) is 9.69 Å². The first-order valence-electron chi connectivity index (χ1n) is 10.4. The van der Waals surface area contributed by atoms with Gasteiger partial charge in [0.2, 0.25) is 5.91 Å². The van der Waals surface area contributed by atoms with Crippen molar-refractivity contribution in [2.45, 2.75) is 84.7 Å². The quantitative estimate of drug-likeness (QED) is 0.842. The van der Waals surface area contributed by atoms with Gasteiger partial charge in [0, 0.05) is 19.1 Å². The van der Waals surface area contributed by atoms with Crippen LogP contribution in [0.1, 0.15) is 72.6 Å². The van der Waals surface area contributed by atoms with Crippen LogP contribution >= 0.6 is 0 Å². The smallest absolute Gasteiger partial charge is 0.239 e. The first-order chi connectivity index (χ1) is 11.7. The Morgan fingerprint density at radius 3 is 2.40 bits per heavy atom. The van der Waals surface area contributed by atoms with E-state index in [1.807, 2.05) is 0 Å². The Bertz CT molecular complexity index is 453. The molecule has 0 aromatic heterocycles. The monoisotopic (exact) mass is 350 g/mol. The molecule has 1 aliphatic heterocycles. The molecule has 0 radical (unpaired) electrons. The van der Waals surface area contributed by atoms with Crippen molar-refractivity contribution in [2.24, 2.45) is 16.7 Å². The molecule has 3 fully saturated rings. The van der Waals surface area contributed by atoms with Crippen LogP contribution in [0.2, 0.25) is 0 Å². The minimum Gasteiger partial charge on any atom is -0.378 e. The largest absolute Gasteiger partial charge is 0.378 e. The van der Waals surface area contributed by atoms with Crippen LogP contribution in [0.15, 0.2) is 0 Å². The van der Waals surface area contributed by atoms with E-state index in [4.69, 9.17) is 4.74 Å². The number of hydrogen-bond acceptors (Lipinski definition) is 3. The number of hydrogen-bond donors (Lipinski definition) is 1. The van der Waals surface area contributed by atoms with Crippen molar-refractivity contribution in [3.63, 3.8) is 0 Å². The van der Waals surface area contributed by atoms with Crippen molar-refractivity contribution >= 4 is 5.91 Å². The summed E-state index contributed by atoms with van der Waals surface area (Å²) in [4.78, 5) is 15.4. The van der Waals surface area contributed by atoms with Gasteiger partial charge in [0.15, 0.2) is 0 Å². The van der Waals surface area contributed by atoms with Crippen LogP contribution in [0, 0.1) is 16.7 Å². The van der Waals surface area contributed by atoms with Crippen molar-refractivity contribution in [3.05, 3.63) is 0 Å². The van der Waals surface area contributed by atoms with Gasteiger partial charge in [0.05, 0.1) is 13.2 Å². The Balaban J connectivity index is 1.60.